The molecule has 0 aliphatic carbocycles. The summed E-state index contributed by atoms with van der Waals surface area (Å²) in [5.74, 6) is -0.00582. The van der Waals surface area contributed by atoms with Gasteiger partial charge in [-0.15, -0.1) is 0 Å². The normalized spacial score (nSPS) is 22.5. The van der Waals surface area contributed by atoms with Gasteiger partial charge in [-0.05, 0) is 25.5 Å². The average molecular weight is 397 g/mol. The van der Waals surface area contributed by atoms with Gasteiger partial charge >= 0.3 is 0 Å². The number of amides is 1. The van der Waals surface area contributed by atoms with E-state index in [1.165, 1.54) is 0 Å². The molecule has 3 heterocycles. The molecule has 0 aromatic carbocycles. The van der Waals surface area contributed by atoms with Gasteiger partial charge in [0.05, 0.1) is 36.6 Å². The Morgan fingerprint density at radius 2 is 2.15 bits per heavy atom. The molecule has 2 saturated heterocycles. The number of nitrogens with one attached hydrogen (secondary N) is 1. The molecule has 1 unspecified atom stereocenters. The molecular formula is C18H28N4O4S. The second-order valence-corrected chi connectivity index (χ2v) is 9.19. The van der Waals surface area contributed by atoms with Crippen LogP contribution in [0, 0.1) is 0 Å². The SMILES string of the molecule is CCN(C(=O)c1ccc(NCCN2CCOCC2)cn1)C1CCS(=O)(=O)C1. The third-order valence-electron chi connectivity index (χ3n) is 5.09. The van der Waals surface area contributed by atoms with E-state index in [9.17, 15) is 13.2 Å². The van der Waals surface area contributed by atoms with Crippen LogP contribution in [0.15, 0.2) is 18.3 Å². The second kappa shape index (κ2) is 8.99. The third-order valence-corrected chi connectivity index (χ3v) is 6.84. The Morgan fingerprint density at radius 1 is 1.37 bits per heavy atom. The zero-order valence-corrected chi connectivity index (χ0v) is 16.6. The molecule has 1 amide bonds. The van der Waals surface area contributed by atoms with Gasteiger partial charge in [0, 0.05) is 38.8 Å². The number of pyridine rings is 1. The number of ether oxygens (including phenoxy) is 1. The zero-order valence-electron chi connectivity index (χ0n) is 15.8. The van der Waals surface area contributed by atoms with Crippen LogP contribution in [0.5, 0.6) is 0 Å². The minimum atomic E-state index is -3.03. The highest BCUT2D eigenvalue weighted by Gasteiger charge is 2.34. The van der Waals surface area contributed by atoms with Gasteiger partial charge in [-0.2, -0.15) is 0 Å². The number of hydrogen-bond donors (Lipinski definition) is 1. The minimum Gasteiger partial charge on any atom is -0.383 e. The average Bonchev–Trinajstić information content (AvgIpc) is 3.03. The van der Waals surface area contributed by atoms with Crippen LogP contribution in [0.25, 0.3) is 0 Å². The zero-order chi connectivity index (χ0) is 19.3. The van der Waals surface area contributed by atoms with Crippen LogP contribution in [0.3, 0.4) is 0 Å². The number of sulfone groups is 1. The third kappa shape index (κ3) is 5.40. The van der Waals surface area contributed by atoms with Crippen molar-refractivity contribution in [2.75, 3.05) is 62.8 Å². The Morgan fingerprint density at radius 3 is 2.74 bits per heavy atom. The molecule has 0 bridgehead atoms. The van der Waals surface area contributed by atoms with Gasteiger partial charge < -0.3 is 15.0 Å². The van der Waals surface area contributed by atoms with Crippen LogP contribution in [0.1, 0.15) is 23.8 Å². The van der Waals surface area contributed by atoms with E-state index in [2.05, 4.69) is 15.2 Å². The first-order valence-corrected chi connectivity index (χ1v) is 11.3. The maximum Gasteiger partial charge on any atom is 0.272 e. The van der Waals surface area contributed by atoms with Crippen molar-refractivity contribution in [2.45, 2.75) is 19.4 Å². The number of aromatic nitrogens is 1. The van der Waals surface area contributed by atoms with Crippen LogP contribution in [-0.2, 0) is 14.6 Å². The molecule has 1 N–H and O–H groups in total. The van der Waals surface area contributed by atoms with E-state index < -0.39 is 9.84 Å². The van der Waals surface area contributed by atoms with E-state index in [4.69, 9.17) is 4.74 Å². The Kier molecular flexibility index (Phi) is 6.67. The molecule has 2 aliphatic rings. The molecule has 0 saturated carbocycles. The van der Waals surface area contributed by atoms with Crippen LogP contribution in [0.4, 0.5) is 5.69 Å². The number of carbonyl (C=O) groups is 1. The fraction of sp³-hybridized carbons (Fsp3) is 0.667. The fourth-order valence-corrected chi connectivity index (χ4v) is 5.27. The van der Waals surface area contributed by atoms with Crippen LogP contribution in [0.2, 0.25) is 0 Å². The Bertz CT molecular complexity index is 732. The Hall–Kier alpha value is -1.71. The lowest BCUT2D eigenvalue weighted by atomic mass is 10.2. The number of carbonyl (C=O) groups excluding carboxylic acids is 1. The van der Waals surface area contributed by atoms with Crippen LogP contribution in [-0.4, -0.2) is 92.6 Å². The van der Waals surface area contributed by atoms with E-state index in [1.54, 1.807) is 17.2 Å². The summed E-state index contributed by atoms with van der Waals surface area (Å²) in [4.78, 5) is 21.0. The van der Waals surface area contributed by atoms with Gasteiger partial charge in [-0.3, -0.25) is 9.69 Å². The number of morpholine rings is 1. The first-order chi connectivity index (χ1) is 13.0. The lowest BCUT2D eigenvalue weighted by Gasteiger charge is -2.27. The minimum absolute atomic E-state index is 0.0494. The molecule has 1 atom stereocenters. The van der Waals surface area contributed by atoms with Gasteiger partial charge in [0.15, 0.2) is 9.84 Å². The van der Waals surface area contributed by atoms with Crippen molar-refractivity contribution in [1.29, 1.82) is 0 Å². The predicted octanol–water partition coefficient (Wildman–Crippen LogP) is 0.475. The number of nitrogens with zero attached hydrogens (tertiary/aromatic N) is 3. The van der Waals surface area contributed by atoms with E-state index in [0.29, 0.717) is 18.7 Å². The predicted molar refractivity (Wildman–Crippen MR) is 104 cm³/mol. The Labute approximate surface area is 160 Å². The van der Waals surface area contributed by atoms with E-state index in [-0.39, 0.29) is 23.5 Å². The van der Waals surface area contributed by atoms with Crippen molar-refractivity contribution in [1.82, 2.24) is 14.8 Å². The van der Waals surface area contributed by atoms with Crippen molar-refractivity contribution in [3.63, 3.8) is 0 Å². The van der Waals surface area contributed by atoms with Crippen LogP contribution >= 0.6 is 0 Å². The lowest BCUT2D eigenvalue weighted by molar-refractivity contribution is 0.0398. The number of hydrogen-bond acceptors (Lipinski definition) is 7. The molecule has 0 spiro atoms. The van der Waals surface area contributed by atoms with Crippen molar-refractivity contribution < 1.29 is 17.9 Å². The van der Waals surface area contributed by atoms with Gasteiger partial charge in [0.2, 0.25) is 0 Å². The van der Waals surface area contributed by atoms with Crippen molar-refractivity contribution in [3.8, 4) is 0 Å². The number of rotatable bonds is 7. The van der Waals surface area contributed by atoms with E-state index >= 15 is 0 Å². The van der Waals surface area contributed by atoms with Crippen molar-refractivity contribution >= 4 is 21.4 Å². The number of anilines is 1. The van der Waals surface area contributed by atoms with Gasteiger partial charge in [-0.25, -0.2) is 13.4 Å². The first-order valence-electron chi connectivity index (χ1n) is 9.50. The topological polar surface area (TPSA) is 91.8 Å². The van der Waals surface area contributed by atoms with Crippen molar-refractivity contribution in [2.24, 2.45) is 0 Å². The molecule has 0 radical (unpaired) electrons. The summed E-state index contributed by atoms with van der Waals surface area (Å²) in [6, 6.07) is 3.30. The first kappa shape index (κ1) is 20.0. The van der Waals surface area contributed by atoms with Gasteiger partial charge in [0.1, 0.15) is 5.69 Å². The molecular weight excluding hydrogens is 368 g/mol. The maximum absolute atomic E-state index is 12.7. The molecule has 1 aromatic rings. The van der Waals surface area contributed by atoms with Gasteiger partial charge in [0.25, 0.3) is 5.91 Å². The molecule has 1 aromatic heterocycles. The fourth-order valence-electron chi connectivity index (χ4n) is 3.54. The molecule has 9 heteroatoms. The second-order valence-electron chi connectivity index (χ2n) is 6.96. The Balaban J connectivity index is 1.53. The quantitative estimate of drug-likeness (QED) is 0.716. The summed E-state index contributed by atoms with van der Waals surface area (Å²) in [5.41, 5.74) is 1.21. The molecule has 150 valence electrons. The summed E-state index contributed by atoms with van der Waals surface area (Å²) in [5, 5.41) is 3.32. The van der Waals surface area contributed by atoms with Crippen LogP contribution < -0.4 is 5.32 Å². The maximum atomic E-state index is 12.7. The lowest BCUT2D eigenvalue weighted by Crippen LogP contribution is -2.41. The van der Waals surface area contributed by atoms with E-state index in [1.807, 2.05) is 13.0 Å². The summed E-state index contributed by atoms with van der Waals surface area (Å²) in [7, 11) is -3.03. The summed E-state index contributed by atoms with van der Waals surface area (Å²) in [6.45, 7) is 7.56. The highest BCUT2D eigenvalue weighted by molar-refractivity contribution is 7.91. The molecule has 8 nitrogen and oxygen atoms in total. The van der Waals surface area contributed by atoms with Gasteiger partial charge in [-0.1, -0.05) is 0 Å². The molecule has 27 heavy (non-hydrogen) atoms. The van der Waals surface area contributed by atoms with Crippen molar-refractivity contribution in [3.05, 3.63) is 24.0 Å². The highest BCUT2D eigenvalue weighted by atomic mass is 32.2. The standard InChI is InChI=1S/C18H28N4O4S/c1-2-22(16-5-12-27(24,25)14-16)18(23)17-4-3-15(13-20-17)19-6-7-21-8-10-26-11-9-21/h3-4,13,16,19H,2,5-12,14H2,1H3. The molecule has 2 aliphatic heterocycles. The monoisotopic (exact) mass is 396 g/mol. The molecule has 2 fully saturated rings. The summed E-state index contributed by atoms with van der Waals surface area (Å²) < 4.78 is 28.8. The highest BCUT2D eigenvalue weighted by Crippen LogP contribution is 2.19. The molecule has 3 rings (SSSR count). The summed E-state index contributed by atoms with van der Waals surface area (Å²) in [6.07, 6.45) is 2.16. The van der Waals surface area contributed by atoms with E-state index in [0.717, 1.165) is 45.1 Å². The summed E-state index contributed by atoms with van der Waals surface area (Å²) >= 11 is 0. The smallest absolute Gasteiger partial charge is 0.272 e. The largest absolute Gasteiger partial charge is 0.383 e.